The summed E-state index contributed by atoms with van der Waals surface area (Å²) in [5, 5.41) is 8.28. The topological polar surface area (TPSA) is 117 Å². The van der Waals surface area contributed by atoms with Crippen molar-refractivity contribution in [1.29, 1.82) is 0 Å². The molecule has 0 aliphatic carbocycles. The van der Waals surface area contributed by atoms with Gasteiger partial charge in [-0.2, -0.15) is 19.4 Å². The zero-order valence-electron chi connectivity index (χ0n) is 15.4. The minimum absolute atomic E-state index is 0.498. The summed E-state index contributed by atoms with van der Waals surface area (Å²) in [6, 6.07) is 17.3. The average Bonchev–Trinajstić information content (AvgIpc) is 2.69. The van der Waals surface area contributed by atoms with E-state index in [0.29, 0.717) is 11.5 Å². The van der Waals surface area contributed by atoms with Crippen LogP contribution in [0.3, 0.4) is 0 Å². The van der Waals surface area contributed by atoms with Crippen LogP contribution in [0.25, 0.3) is 0 Å². The normalized spacial score (nSPS) is 12.3. The van der Waals surface area contributed by atoms with Gasteiger partial charge in [-0.15, -0.1) is 0 Å². The van der Waals surface area contributed by atoms with Crippen molar-refractivity contribution in [3.05, 3.63) is 60.7 Å². The second-order valence-corrected chi connectivity index (χ2v) is 5.09. The van der Waals surface area contributed by atoms with Crippen molar-refractivity contribution in [2.75, 3.05) is 0 Å². The molecule has 0 spiro atoms. The summed E-state index contributed by atoms with van der Waals surface area (Å²) >= 11 is 0. The Morgan fingerprint density at radius 1 is 0.655 bits per heavy atom. The first kappa shape index (κ1) is 21.9. The molecular weight excluding hydrogens is 392 g/mol. The smallest absolute Gasteiger partial charge is 0.462 e. The molecule has 0 fully saturated rings. The molecular formula is C18H18O11. The first-order chi connectivity index (χ1) is 14.0. The summed E-state index contributed by atoms with van der Waals surface area (Å²) in [6.07, 6.45) is -5.03. The van der Waals surface area contributed by atoms with Crippen LogP contribution in [0.1, 0.15) is 13.8 Å². The summed E-state index contributed by atoms with van der Waals surface area (Å²) in [5.74, 6) is 0.995. The lowest BCUT2D eigenvalue weighted by Gasteiger charge is -2.13. The molecule has 29 heavy (non-hydrogen) atoms. The van der Waals surface area contributed by atoms with Gasteiger partial charge in [-0.1, -0.05) is 36.4 Å². The van der Waals surface area contributed by atoms with Gasteiger partial charge in [0.1, 0.15) is 11.5 Å². The second-order valence-electron chi connectivity index (χ2n) is 5.09. The fourth-order valence-electron chi connectivity index (χ4n) is 1.73. The van der Waals surface area contributed by atoms with Gasteiger partial charge in [0.2, 0.25) is 12.6 Å². The Kier molecular flexibility index (Phi) is 9.18. The average molecular weight is 410 g/mol. The zero-order valence-corrected chi connectivity index (χ0v) is 15.4. The van der Waals surface area contributed by atoms with Crippen molar-refractivity contribution in [1.82, 2.24) is 0 Å². The lowest BCUT2D eigenvalue weighted by molar-refractivity contribution is -0.522. The summed E-state index contributed by atoms with van der Waals surface area (Å²) < 4.78 is 14.6. The molecule has 2 unspecified atom stereocenters. The predicted octanol–water partition coefficient (Wildman–Crippen LogP) is 3.85. The van der Waals surface area contributed by atoms with Crippen molar-refractivity contribution in [2.24, 2.45) is 0 Å². The first-order valence-corrected chi connectivity index (χ1v) is 8.22. The molecule has 2 atom stereocenters. The molecule has 156 valence electrons. The number of carbonyl (C=O) groups excluding carboxylic acids is 2. The van der Waals surface area contributed by atoms with Gasteiger partial charge >= 0.3 is 12.3 Å². The predicted molar refractivity (Wildman–Crippen MR) is 91.5 cm³/mol. The lowest BCUT2D eigenvalue weighted by atomic mass is 10.3. The molecule has 0 N–H and O–H groups in total. The van der Waals surface area contributed by atoms with E-state index in [9.17, 15) is 9.59 Å². The van der Waals surface area contributed by atoms with Crippen LogP contribution in [-0.2, 0) is 34.4 Å². The molecule has 2 rings (SSSR count). The van der Waals surface area contributed by atoms with Crippen molar-refractivity contribution >= 4 is 12.3 Å². The van der Waals surface area contributed by atoms with Crippen molar-refractivity contribution in [3.8, 4) is 11.5 Å². The molecule has 0 radical (unpaired) electrons. The minimum Gasteiger partial charge on any atom is -0.462 e. The fraction of sp³-hybridized carbons (Fsp3) is 0.222. The molecule has 0 amide bonds. The molecule has 0 saturated carbocycles. The van der Waals surface area contributed by atoms with E-state index in [-0.39, 0.29) is 0 Å². The maximum absolute atomic E-state index is 11.2. The lowest BCUT2D eigenvalue weighted by Crippen LogP contribution is -2.21. The van der Waals surface area contributed by atoms with Crippen LogP contribution in [0.4, 0.5) is 9.59 Å². The molecule has 0 aliphatic rings. The Bertz CT molecular complexity index is 674. The molecule has 11 heteroatoms. The van der Waals surface area contributed by atoms with Crippen LogP contribution < -0.4 is 9.47 Å². The molecule has 2 aromatic rings. The number of hydrogen-bond acceptors (Lipinski definition) is 11. The number of rotatable bonds is 10. The number of benzene rings is 2. The number of hydrogen-bond donors (Lipinski definition) is 0. The highest BCUT2D eigenvalue weighted by Crippen LogP contribution is 2.12. The first-order valence-electron chi connectivity index (χ1n) is 8.22. The van der Waals surface area contributed by atoms with Crippen molar-refractivity contribution in [3.63, 3.8) is 0 Å². The molecule has 11 nitrogen and oxygen atoms in total. The van der Waals surface area contributed by atoms with Gasteiger partial charge in [-0.25, -0.2) is 9.78 Å². The summed E-state index contributed by atoms with van der Waals surface area (Å²) in [7, 11) is 0. The highest BCUT2D eigenvalue weighted by Gasteiger charge is 2.18. The van der Waals surface area contributed by atoms with Gasteiger partial charge < -0.3 is 14.2 Å². The van der Waals surface area contributed by atoms with Crippen molar-refractivity contribution < 1.29 is 53.4 Å². The Balaban J connectivity index is 1.53. The van der Waals surface area contributed by atoms with Crippen LogP contribution in [0, 0.1) is 0 Å². The minimum atomic E-state index is -1.58. The molecule has 0 aromatic heterocycles. The van der Waals surface area contributed by atoms with E-state index in [1.165, 1.54) is 13.8 Å². The number of ether oxygens (including phenoxy) is 3. The van der Waals surface area contributed by atoms with E-state index >= 15 is 0 Å². The van der Waals surface area contributed by atoms with Gasteiger partial charge in [0.05, 0.1) is 0 Å². The standard InChI is InChI=1S/C18H18O11/c1-13(21-15-9-5-3-6-10-15)24-28-26-17(19)23-18(20)27-29-25-14(2)22-16-11-7-4-8-12-16/h3-14H,1-2H3. The van der Waals surface area contributed by atoms with Gasteiger partial charge in [0, 0.05) is 13.8 Å². The SMILES string of the molecule is CC(OOOC(=O)OC(=O)OOOC(C)Oc1ccccc1)Oc1ccccc1. The largest absolute Gasteiger partial charge is 0.553 e. The van der Waals surface area contributed by atoms with Crippen LogP contribution in [0.5, 0.6) is 11.5 Å². The summed E-state index contributed by atoms with van der Waals surface area (Å²) in [6.45, 7) is 2.94. The third-order valence-electron chi connectivity index (χ3n) is 2.81. The van der Waals surface area contributed by atoms with Crippen LogP contribution in [-0.4, -0.2) is 24.9 Å². The van der Waals surface area contributed by atoms with Gasteiger partial charge in [-0.05, 0) is 34.3 Å². The van der Waals surface area contributed by atoms with E-state index in [1.807, 2.05) is 0 Å². The van der Waals surface area contributed by atoms with Crippen LogP contribution >= 0.6 is 0 Å². The quantitative estimate of drug-likeness (QED) is 0.187. The number of para-hydroxylation sites is 2. The third-order valence-corrected chi connectivity index (χ3v) is 2.81. The van der Waals surface area contributed by atoms with E-state index in [4.69, 9.17) is 9.47 Å². The van der Waals surface area contributed by atoms with Crippen LogP contribution in [0.15, 0.2) is 60.7 Å². The molecule has 0 aliphatic heterocycles. The fourth-order valence-corrected chi connectivity index (χ4v) is 1.73. The monoisotopic (exact) mass is 410 g/mol. The van der Waals surface area contributed by atoms with Crippen molar-refractivity contribution in [2.45, 2.75) is 26.4 Å². The van der Waals surface area contributed by atoms with Gasteiger partial charge in [-0.3, -0.25) is 0 Å². The zero-order chi connectivity index (χ0) is 20.9. The maximum Gasteiger partial charge on any atom is 0.553 e. The molecule has 0 heterocycles. The Labute approximate surface area is 165 Å². The van der Waals surface area contributed by atoms with E-state index in [0.717, 1.165) is 0 Å². The number of carbonyl (C=O) groups is 2. The Hall–Kier alpha value is -3.38. The highest BCUT2D eigenvalue weighted by atomic mass is 17.5. The molecule has 0 bridgehead atoms. The third kappa shape index (κ3) is 9.39. The van der Waals surface area contributed by atoms with E-state index < -0.39 is 24.9 Å². The van der Waals surface area contributed by atoms with Gasteiger partial charge in [0.15, 0.2) is 0 Å². The Morgan fingerprint density at radius 2 is 1.03 bits per heavy atom. The second kappa shape index (κ2) is 12.2. The van der Waals surface area contributed by atoms with E-state index in [1.54, 1.807) is 60.7 Å². The highest BCUT2D eigenvalue weighted by molar-refractivity contribution is 5.76. The summed E-state index contributed by atoms with van der Waals surface area (Å²) in [5.41, 5.74) is 0. The summed E-state index contributed by atoms with van der Waals surface area (Å²) in [4.78, 5) is 39.7. The maximum atomic E-state index is 11.2. The molecule has 2 aromatic carbocycles. The molecule has 0 saturated heterocycles. The van der Waals surface area contributed by atoms with E-state index in [2.05, 4.69) is 34.4 Å². The van der Waals surface area contributed by atoms with Gasteiger partial charge in [0.25, 0.3) is 0 Å². The Morgan fingerprint density at radius 3 is 1.41 bits per heavy atom. The van der Waals surface area contributed by atoms with Crippen LogP contribution in [0.2, 0.25) is 0 Å².